The van der Waals surface area contributed by atoms with Crippen LogP contribution in [0.25, 0.3) is 0 Å². The smallest absolute Gasteiger partial charge is 0.297 e. The van der Waals surface area contributed by atoms with Crippen LogP contribution in [0.2, 0.25) is 0 Å². The van der Waals surface area contributed by atoms with E-state index in [-0.39, 0.29) is 21.7 Å². The van der Waals surface area contributed by atoms with Gasteiger partial charge in [-0.15, -0.1) is 0 Å². The van der Waals surface area contributed by atoms with Crippen LogP contribution in [0.5, 0.6) is 0 Å². The molecule has 0 saturated heterocycles. The number of aryl methyl sites for hydroxylation is 1. The Morgan fingerprint density at radius 3 is 2.32 bits per heavy atom. The summed E-state index contributed by atoms with van der Waals surface area (Å²) in [6.07, 6.45) is 0. The average Bonchev–Trinajstić information content (AvgIpc) is 2.20. The highest BCUT2D eigenvalue weighted by Gasteiger charge is 2.28. The van der Waals surface area contributed by atoms with Crippen LogP contribution in [0.3, 0.4) is 0 Å². The van der Waals surface area contributed by atoms with Crippen molar-refractivity contribution < 1.29 is 18.1 Å². The summed E-state index contributed by atoms with van der Waals surface area (Å²) in [5, 5.41) is 13.4. The van der Waals surface area contributed by atoms with Crippen LogP contribution in [-0.4, -0.2) is 19.2 Å². The number of anilines is 1. The molecule has 0 aliphatic rings. The molecule has 1 aromatic rings. The molecular weight excluding hydrogens is 296 g/mol. The van der Waals surface area contributed by atoms with Gasteiger partial charge in [-0.05, 0) is 25.5 Å². The Kier molecular flexibility index (Phi) is 4.16. The Hall–Kier alpha value is -1.67. The second-order valence-corrected chi connectivity index (χ2v) is 6.45. The van der Waals surface area contributed by atoms with Gasteiger partial charge < -0.3 is 5.32 Å². The van der Waals surface area contributed by atoms with E-state index >= 15 is 0 Å². The number of nitrogens with one attached hydrogen (secondary N) is 1. The molecule has 0 unspecified atom stereocenters. The highest BCUT2D eigenvalue weighted by molar-refractivity contribution is 8.13. The molecule has 9 heteroatoms. The molecule has 1 amide bonds. The molecule has 0 radical (unpaired) electrons. The average molecular weight is 307 g/mol. The van der Waals surface area contributed by atoms with E-state index in [4.69, 9.17) is 10.7 Å². The van der Waals surface area contributed by atoms with Gasteiger partial charge in [-0.1, -0.05) is 0 Å². The van der Waals surface area contributed by atoms with E-state index in [0.29, 0.717) is 0 Å². The number of carbonyl (C=O) groups is 1. The Morgan fingerprint density at radius 2 is 1.95 bits per heavy atom. The van der Waals surface area contributed by atoms with Crippen molar-refractivity contribution in [2.45, 2.75) is 25.7 Å². The number of nitro benzene ring substituents is 1. The van der Waals surface area contributed by atoms with Crippen LogP contribution in [0.4, 0.5) is 11.4 Å². The summed E-state index contributed by atoms with van der Waals surface area (Å²) in [5.74, 6) is -0.493. The minimum Gasteiger partial charge on any atom is -0.320 e. The fourth-order valence-electron chi connectivity index (χ4n) is 1.68. The number of hydrogen-bond donors (Lipinski definition) is 1. The number of nitrogens with zero attached hydrogens (tertiary/aromatic N) is 1. The summed E-state index contributed by atoms with van der Waals surface area (Å²) in [6.45, 7) is 3.91. The molecule has 1 aromatic carbocycles. The van der Waals surface area contributed by atoms with E-state index in [1.807, 2.05) is 0 Å². The molecule has 0 spiro atoms. The van der Waals surface area contributed by atoms with Gasteiger partial charge in [0.2, 0.25) is 5.91 Å². The fraction of sp³-hybridized carbons (Fsp3) is 0.300. The van der Waals surface area contributed by atoms with E-state index in [1.165, 1.54) is 26.8 Å². The van der Waals surface area contributed by atoms with E-state index in [0.717, 1.165) is 0 Å². The first-order valence-corrected chi connectivity index (χ1v) is 7.37. The lowest BCUT2D eigenvalue weighted by molar-refractivity contribution is -0.384. The highest BCUT2D eigenvalue weighted by atomic mass is 35.7. The van der Waals surface area contributed by atoms with E-state index in [2.05, 4.69) is 5.32 Å². The molecule has 104 valence electrons. The Labute approximate surface area is 114 Å². The summed E-state index contributed by atoms with van der Waals surface area (Å²) >= 11 is 0. The van der Waals surface area contributed by atoms with Gasteiger partial charge in [0, 0.05) is 23.2 Å². The number of halogens is 1. The van der Waals surface area contributed by atoms with Crippen molar-refractivity contribution in [1.82, 2.24) is 0 Å². The second-order valence-electron chi connectivity index (χ2n) is 3.92. The molecule has 19 heavy (non-hydrogen) atoms. The normalized spacial score (nSPS) is 11.2. The molecule has 1 rings (SSSR count). The highest BCUT2D eigenvalue weighted by Crippen LogP contribution is 2.37. The van der Waals surface area contributed by atoms with E-state index in [9.17, 15) is 23.3 Å². The van der Waals surface area contributed by atoms with Crippen molar-refractivity contribution in [1.29, 1.82) is 0 Å². The lowest BCUT2D eigenvalue weighted by Crippen LogP contribution is -2.12. The van der Waals surface area contributed by atoms with Gasteiger partial charge in [0.15, 0.2) is 0 Å². The van der Waals surface area contributed by atoms with E-state index < -0.39 is 25.6 Å². The number of amides is 1. The van der Waals surface area contributed by atoms with Crippen molar-refractivity contribution in [3.05, 3.63) is 27.3 Å². The minimum atomic E-state index is -4.10. The fourth-order valence-corrected chi connectivity index (χ4v) is 2.94. The number of carbonyl (C=O) groups excluding carboxylic acids is 1. The molecule has 0 heterocycles. The molecular formula is C10H11ClN2O5S. The zero-order chi connectivity index (χ0) is 15.0. The van der Waals surface area contributed by atoms with Crippen molar-refractivity contribution in [3.63, 3.8) is 0 Å². The topological polar surface area (TPSA) is 106 Å². The van der Waals surface area contributed by atoms with Gasteiger partial charge in [0.1, 0.15) is 5.69 Å². The van der Waals surface area contributed by atoms with Crippen LogP contribution >= 0.6 is 10.7 Å². The largest absolute Gasteiger partial charge is 0.320 e. The Bertz CT molecular complexity index is 669. The maximum atomic E-state index is 11.4. The van der Waals surface area contributed by atoms with Crippen LogP contribution < -0.4 is 5.32 Å². The van der Waals surface area contributed by atoms with Crippen LogP contribution in [0, 0.1) is 24.0 Å². The number of hydrogen-bond acceptors (Lipinski definition) is 5. The zero-order valence-corrected chi connectivity index (χ0v) is 11.9. The molecule has 0 aliphatic carbocycles. The zero-order valence-electron chi connectivity index (χ0n) is 10.4. The second kappa shape index (κ2) is 5.14. The summed E-state index contributed by atoms with van der Waals surface area (Å²) in [6, 6.07) is 1.19. The quantitative estimate of drug-likeness (QED) is 0.523. The maximum Gasteiger partial charge on any atom is 0.297 e. The standard InChI is InChI=1S/C10H11ClN2O5S/c1-5-4-8(19(11,17)18)6(2)10(13(15)16)9(5)12-7(3)14/h4H,1-3H3,(H,12,14). The maximum absolute atomic E-state index is 11.4. The van der Waals surface area contributed by atoms with Gasteiger partial charge in [0.25, 0.3) is 14.7 Å². The van der Waals surface area contributed by atoms with Crippen molar-refractivity contribution in [2.75, 3.05) is 5.32 Å². The van der Waals surface area contributed by atoms with Gasteiger partial charge in [0.05, 0.1) is 9.82 Å². The Morgan fingerprint density at radius 1 is 1.42 bits per heavy atom. The Balaban J connectivity index is 3.75. The minimum absolute atomic E-state index is 0.0286. The number of nitro groups is 1. The first-order chi connectivity index (χ1) is 8.55. The summed E-state index contributed by atoms with van der Waals surface area (Å²) in [7, 11) is 1.13. The SMILES string of the molecule is CC(=O)Nc1c(C)cc(S(=O)(=O)Cl)c(C)c1[N+](=O)[O-]. The van der Waals surface area contributed by atoms with Gasteiger partial charge in [-0.25, -0.2) is 8.42 Å². The summed E-state index contributed by atoms with van der Waals surface area (Å²) < 4.78 is 22.7. The molecule has 0 aliphatic heterocycles. The van der Waals surface area contributed by atoms with Crippen LogP contribution in [0.15, 0.2) is 11.0 Å². The number of benzene rings is 1. The molecule has 0 saturated carbocycles. The lowest BCUT2D eigenvalue weighted by atomic mass is 10.1. The third-order valence-corrected chi connectivity index (χ3v) is 3.90. The molecule has 0 fully saturated rings. The first kappa shape index (κ1) is 15.4. The first-order valence-electron chi connectivity index (χ1n) is 5.06. The molecule has 0 aromatic heterocycles. The summed E-state index contributed by atoms with van der Waals surface area (Å²) in [5.41, 5.74) is -0.380. The van der Waals surface area contributed by atoms with Gasteiger partial charge >= 0.3 is 0 Å². The van der Waals surface area contributed by atoms with Crippen LogP contribution in [-0.2, 0) is 13.8 Å². The third-order valence-electron chi connectivity index (χ3n) is 2.45. The summed E-state index contributed by atoms with van der Waals surface area (Å²) in [4.78, 5) is 21.0. The molecule has 0 atom stereocenters. The molecule has 0 bridgehead atoms. The predicted molar refractivity (Wildman–Crippen MR) is 69.9 cm³/mol. The van der Waals surface area contributed by atoms with Crippen molar-refractivity contribution >= 4 is 37.0 Å². The number of rotatable bonds is 3. The van der Waals surface area contributed by atoms with Crippen LogP contribution in [0.1, 0.15) is 18.1 Å². The predicted octanol–water partition coefficient (Wildman–Crippen LogP) is 2.10. The molecule has 1 N–H and O–H groups in total. The third kappa shape index (κ3) is 3.21. The lowest BCUT2D eigenvalue weighted by Gasteiger charge is -2.12. The van der Waals surface area contributed by atoms with Gasteiger partial charge in [-0.3, -0.25) is 14.9 Å². The van der Waals surface area contributed by atoms with Gasteiger partial charge in [-0.2, -0.15) is 0 Å². The van der Waals surface area contributed by atoms with E-state index in [1.54, 1.807) is 0 Å². The van der Waals surface area contributed by atoms with Crippen molar-refractivity contribution in [2.24, 2.45) is 0 Å². The molecule has 7 nitrogen and oxygen atoms in total. The van der Waals surface area contributed by atoms with Crippen molar-refractivity contribution in [3.8, 4) is 0 Å². The monoisotopic (exact) mass is 306 g/mol.